The molecule has 0 bridgehead atoms. The smallest absolute Gasteiger partial charge is 0.324 e. The molecule has 0 aliphatic carbocycles. The van der Waals surface area contributed by atoms with Gasteiger partial charge in [-0.3, -0.25) is 4.79 Å². The molecule has 0 aliphatic heterocycles. The van der Waals surface area contributed by atoms with Gasteiger partial charge in [0.1, 0.15) is 11.0 Å². The van der Waals surface area contributed by atoms with Gasteiger partial charge in [-0.1, -0.05) is 53.4 Å². The number of nitrogens with zero attached hydrogens (tertiary/aromatic N) is 2. The molecule has 0 radical (unpaired) electrons. The Labute approximate surface area is 165 Å². The van der Waals surface area contributed by atoms with E-state index in [4.69, 9.17) is 9.47 Å². The highest BCUT2D eigenvalue weighted by Crippen LogP contribution is 2.39. The van der Waals surface area contributed by atoms with Gasteiger partial charge < -0.3 is 14.8 Å². The molecule has 6 nitrogen and oxygen atoms in total. The first kappa shape index (κ1) is 19.2. The lowest BCUT2D eigenvalue weighted by atomic mass is 10.1. The summed E-state index contributed by atoms with van der Waals surface area (Å²) in [4.78, 5) is 12.4. The average Bonchev–Trinajstić information content (AvgIpc) is 3.14. The van der Waals surface area contributed by atoms with Gasteiger partial charge in [0.25, 0.3) is 0 Å². The molecule has 0 saturated carbocycles. The van der Waals surface area contributed by atoms with E-state index in [1.807, 2.05) is 54.6 Å². The van der Waals surface area contributed by atoms with Crippen LogP contribution >= 0.6 is 23.1 Å². The van der Waals surface area contributed by atoms with Crippen LogP contribution in [0, 0.1) is 0 Å². The van der Waals surface area contributed by atoms with E-state index < -0.39 is 5.25 Å². The Morgan fingerprint density at radius 2 is 1.89 bits per heavy atom. The SMILES string of the molecule is CCOC(=O)[C@H](Sc1nnc(Nc2ccc(OC)cc2)s1)c1ccccc1. The van der Waals surface area contributed by atoms with Crippen molar-refractivity contribution in [1.29, 1.82) is 0 Å². The summed E-state index contributed by atoms with van der Waals surface area (Å²) in [6, 6.07) is 17.1. The largest absolute Gasteiger partial charge is 0.497 e. The van der Waals surface area contributed by atoms with Crippen LogP contribution in [0.25, 0.3) is 0 Å². The fraction of sp³-hybridized carbons (Fsp3) is 0.211. The van der Waals surface area contributed by atoms with Crippen molar-refractivity contribution < 1.29 is 14.3 Å². The van der Waals surface area contributed by atoms with Crippen molar-refractivity contribution in [1.82, 2.24) is 10.2 Å². The molecule has 8 heteroatoms. The second-order valence-electron chi connectivity index (χ2n) is 5.39. The molecule has 0 unspecified atom stereocenters. The van der Waals surface area contributed by atoms with Gasteiger partial charge in [0.15, 0.2) is 4.34 Å². The molecule has 0 spiro atoms. The second-order valence-corrected chi connectivity index (χ2v) is 7.72. The normalized spacial score (nSPS) is 11.6. The van der Waals surface area contributed by atoms with Crippen molar-refractivity contribution in [2.24, 2.45) is 0 Å². The molecule has 0 fully saturated rings. The number of rotatable bonds is 8. The van der Waals surface area contributed by atoms with Crippen LogP contribution in [-0.4, -0.2) is 29.9 Å². The van der Waals surface area contributed by atoms with E-state index in [0.717, 1.165) is 17.0 Å². The number of thioether (sulfide) groups is 1. The Hall–Kier alpha value is -2.58. The lowest BCUT2D eigenvalue weighted by Gasteiger charge is -2.13. The highest BCUT2D eigenvalue weighted by molar-refractivity contribution is 8.01. The van der Waals surface area contributed by atoms with Crippen molar-refractivity contribution in [2.75, 3.05) is 19.0 Å². The minimum absolute atomic E-state index is 0.284. The van der Waals surface area contributed by atoms with Gasteiger partial charge in [0.2, 0.25) is 5.13 Å². The van der Waals surface area contributed by atoms with E-state index >= 15 is 0 Å². The summed E-state index contributed by atoms with van der Waals surface area (Å²) < 4.78 is 11.1. The van der Waals surface area contributed by atoms with Gasteiger partial charge >= 0.3 is 5.97 Å². The molecular weight excluding hydrogens is 382 g/mol. The standard InChI is InChI=1S/C19H19N3O3S2/c1-3-25-17(23)16(13-7-5-4-6-8-13)26-19-22-21-18(27-19)20-14-9-11-15(24-2)12-10-14/h4-12,16H,3H2,1-2H3,(H,20,21)/t16-/m1/s1. The van der Waals surface area contributed by atoms with E-state index in [-0.39, 0.29) is 5.97 Å². The maximum absolute atomic E-state index is 12.4. The molecule has 1 N–H and O–H groups in total. The first-order valence-corrected chi connectivity index (χ1v) is 10.0. The van der Waals surface area contributed by atoms with Gasteiger partial charge in [-0.2, -0.15) is 0 Å². The fourth-order valence-electron chi connectivity index (χ4n) is 2.30. The van der Waals surface area contributed by atoms with Crippen LogP contribution in [0.2, 0.25) is 0 Å². The van der Waals surface area contributed by atoms with E-state index in [0.29, 0.717) is 16.1 Å². The first-order valence-electron chi connectivity index (χ1n) is 8.32. The molecular formula is C19H19N3O3S2. The van der Waals surface area contributed by atoms with Crippen LogP contribution in [0.4, 0.5) is 10.8 Å². The zero-order valence-electron chi connectivity index (χ0n) is 14.9. The number of esters is 1. The number of ether oxygens (including phenoxy) is 2. The summed E-state index contributed by atoms with van der Waals surface area (Å²) >= 11 is 2.72. The Kier molecular flexibility index (Phi) is 6.67. The van der Waals surface area contributed by atoms with Gasteiger partial charge in [-0.05, 0) is 36.8 Å². The Bertz CT molecular complexity index is 869. The summed E-state index contributed by atoms with van der Waals surface area (Å²) in [6.07, 6.45) is 0. The number of aromatic nitrogens is 2. The number of benzene rings is 2. The van der Waals surface area contributed by atoms with E-state index in [1.54, 1.807) is 14.0 Å². The number of methoxy groups -OCH3 is 1. The Morgan fingerprint density at radius 3 is 2.56 bits per heavy atom. The quantitative estimate of drug-likeness (QED) is 0.434. The molecule has 0 amide bonds. The Morgan fingerprint density at radius 1 is 1.15 bits per heavy atom. The minimum atomic E-state index is -0.479. The van der Waals surface area contributed by atoms with Gasteiger partial charge in [-0.15, -0.1) is 10.2 Å². The van der Waals surface area contributed by atoms with Crippen LogP contribution in [-0.2, 0) is 9.53 Å². The number of nitrogens with one attached hydrogen (secondary N) is 1. The van der Waals surface area contributed by atoms with E-state index in [2.05, 4.69) is 15.5 Å². The monoisotopic (exact) mass is 401 g/mol. The molecule has 2 aromatic carbocycles. The molecule has 140 valence electrons. The lowest BCUT2D eigenvalue weighted by Crippen LogP contribution is -2.13. The topological polar surface area (TPSA) is 73.3 Å². The molecule has 1 aromatic heterocycles. The van der Waals surface area contributed by atoms with Crippen LogP contribution in [0.5, 0.6) is 5.75 Å². The third-order valence-corrected chi connectivity index (χ3v) is 5.73. The summed E-state index contributed by atoms with van der Waals surface area (Å²) in [5.41, 5.74) is 1.76. The van der Waals surface area contributed by atoms with Crippen LogP contribution < -0.4 is 10.1 Å². The summed E-state index contributed by atoms with van der Waals surface area (Å²) in [5, 5.41) is 11.7. The predicted octanol–water partition coefficient (Wildman–Crippen LogP) is 4.69. The Balaban J connectivity index is 1.72. The van der Waals surface area contributed by atoms with Crippen LogP contribution in [0.15, 0.2) is 58.9 Å². The fourth-order valence-corrected chi connectivity index (χ4v) is 4.27. The van der Waals surface area contributed by atoms with E-state index in [9.17, 15) is 4.79 Å². The first-order chi connectivity index (χ1) is 13.2. The van der Waals surface area contributed by atoms with Crippen molar-refractivity contribution in [3.05, 3.63) is 60.2 Å². The summed E-state index contributed by atoms with van der Waals surface area (Å²) in [6.45, 7) is 2.13. The maximum atomic E-state index is 12.4. The zero-order chi connectivity index (χ0) is 19.1. The maximum Gasteiger partial charge on any atom is 0.324 e. The summed E-state index contributed by atoms with van der Waals surface area (Å²) in [5.74, 6) is 0.503. The van der Waals surface area contributed by atoms with Crippen LogP contribution in [0.1, 0.15) is 17.7 Å². The number of hydrogen-bond donors (Lipinski definition) is 1. The van der Waals surface area contributed by atoms with Crippen molar-refractivity contribution in [2.45, 2.75) is 16.5 Å². The third-order valence-electron chi connectivity index (χ3n) is 3.57. The lowest BCUT2D eigenvalue weighted by molar-refractivity contribution is -0.142. The molecule has 1 atom stereocenters. The molecule has 27 heavy (non-hydrogen) atoms. The minimum Gasteiger partial charge on any atom is -0.497 e. The van der Waals surface area contributed by atoms with Gasteiger partial charge in [-0.25, -0.2) is 0 Å². The highest BCUT2D eigenvalue weighted by Gasteiger charge is 2.25. The number of anilines is 2. The van der Waals surface area contributed by atoms with E-state index in [1.165, 1.54) is 23.1 Å². The van der Waals surface area contributed by atoms with Crippen molar-refractivity contribution >= 4 is 39.9 Å². The third kappa shape index (κ3) is 5.21. The predicted molar refractivity (Wildman–Crippen MR) is 108 cm³/mol. The molecule has 0 aliphatic rings. The number of hydrogen-bond acceptors (Lipinski definition) is 8. The van der Waals surface area contributed by atoms with Gasteiger partial charge in [0.05, 0.1) is 13.7 Å². The molecule has 3 aromatic rings. The number of carbonyl (C=O) groups excluding carboxylic acids is 1. The van der Waals surface area contributed by atoms with Crippen molar-refractivity contribution in [3.8, 4) is 5.75 Å². The average molecular weight is 402 g/mol. The van der Waals surface area contributed by atoms with Crippen molar-refractivity contribution in [3.63, 3.8) is 0 Å². The van der Waals surface area contributed by atoms with Crippen LogP contribution in [0.3, 0.4) is 0 Å². The van der Waals surface area contributed by atoms with Gasteiger partial charge in [0, 0.05) is 5.69 Å². The molecule has 1 heterocycles. The second kappa shape index (κ2) is 9.38. The number of carbonyl (C=O) groups is 1. The molecule has 3 rings (SSSR count). The zero-order valence-corrected chi connectivity index (χ0v) is 16.5. The molecule has 0 saturated heterocycles. The highest BCUT2D eigenvalue weighted by atomic mass is 32.2. The summed E-state index contributed by atoms with van der Waals surface area (Å²) in [7, 11) is 1.63.